The molecule has 0 fully saturated rings. The Labute approximate surface area is 145 Å². The highest BCUT2D eigenvalue weighted by Crippen LogP contribution is 2.28. The molecule has 0 amide bonds. The van der Waals surface area contributed by atoms with Gasteiger partial charge in [-0.15, -0.1) is 10.2 Å². The van der Waals surface area contributed by atoms with E-state index in [2.05, 4.69) is 21.2 Å². The highest BCUT2D eigenvalue weighted by molar-refractivity contribution is 7.98. The summed E-state index contributed by atoms with van der Waals surface area (Å²) in [6, 6.07) is 11.9. The molecule has 0 bridgehead atoms. The van der Waals surface area contributed by atoms with Gasteiger partial charge in [0.1, 0.15) is 17.9 Å². The lowest BCUT2D eigenvalue weighted by atomic mass is 10.3. The van der Waals surface area contributed by atoms with Crippen LogP contribution in [0.1, 0.15) is 5.56 Å². The molecule has 0 aliphatic heterocycles. The van der Waals surface area contributed by atoms with Crippen LogP contribution in [0.2, 0.25) is 0 Å². The number of ether oxygens (including phenoxy) is 1. The molecule has 0 aliphatic rings. The second-order valence-corrected chi connectivity index (χ2v) is 6.30. The Balaban J connectivity index is 1.80. The summed E-state index contributed by atoms with van der Waals surface area (Å²) in [6.45, 7) is 0. The summed E-state index contributed by atoms with van der Waals surface area (Å²) < 4.78 is 7.37. The van der Waals surface area contributed by atoms with E-state index in [0.717, 1.165) is 28.2 Å². The molecule has 124 valence electrons. The van der Waals surface area contributed by atoms with Crippen LogP contribution in [0.4, 0.5) is 5.82 Å². The number of nitrogens with zero attached hydrogens (tertiary/aromatic N) is 5. The van der Waals surface area contributed by atoms with Crippen molar-refractivity contribution in [3.05, 3.63) is 54.5 Å². The van der Waals surface area contributed by atoms with E-state index in [1.807, 2.05) is 60.1 Å². The van der Waals surface area contributed by atoms with E-state index >= 15 is 0 Å². The topological polar surface area (TPSA) is 56.1 Å². The normalized spacial score (nSPS) is 10.6. The summed E-state index contributed by atoms with van der Waals surface area (Å²) in [6.07, 6.45) is 3.54. The van der Waals surface area contributed by atoms with E-state index in [1.54, 1.807) is 25.2 Å². The molecule has 0 N–H and O–H groups in total. The minimum atomic E-state index is 0.789. The highest BCUT2D eigenvalue weighted by atomic mass is 32.2. The summed E-state index contributed by atoms with van der Waals surface area (Å²) in [7, 11) is 5.63. The third-order valence-corrected chi connectivity index (χ3v) is 4.51. The second-order valence-electron chi connectivity index (χ2n) is 5.36. The maximum absolute atomic E-state index is 5.43. The number of aromatic nitrogens is 4. The molecule has 3 aromatic rings. The van der Waals surface area contributed by atoms with Crippen LogP contribution in [0.3, 0.4) is 0 Å². The highest BCUT2D eigenvalue weighted by Gasteiger charge is 2.11. The smallest absolute Gasteiger partial charge is 0.196 e. The summed E-state index contributed by atoms with van der Waals surface area (Å²) in [4.78, 5) is 6.33. The van der Waals surface area contributed by atoms with E-state index in [9.17, 15) is 0 Å². The van der Waals surface area contributed by atoms with Gasteiger partial charge in [0, 0.05) is 26.0 Å². The Hall–Kier alpha value is -2.54. The fourth-order valence-corrected chi connectivity index (χ4v) is 3.12. The van der Waals surface area contributed by atoms with E-state index in [-0.39, 0.29) is 0 Å². The maximum Gasteiger partial charge on any atom is 0.196 e. The molecule has 0 atom stereocenters. The molecule has 0 spiro atoms. The lowest BCUT2D eigenvalue weighted by molar-refractivity contribution is 0.412. The molecule has 2 heterocycles. The Bertz CT molecular complexity index is 818. The number of rotatable bonds is 6. The quantitative estimate of drug-likeness (QED) is 0.642. The molecular formula is C17H19N5OS. The van der Waals surface area contributed by atoms with Gasteiger partial charge in [0.2, 0.25) is 0 Å². The minimum Gasteiger partial charge on any atom is -0.495 e. The van der Waals surface area contributed by atoms with Crippen molar-refractivity contribution in [1.82, 2.24) is 19.7 Å². The molecule has 3 rings (SSSR count). The monoisotopic (exact) mass is 341 g/mol. The van der Waals surface area contributed by atoms with Crippen molar-refractivity contribution in [2.45, 2.75) is 10.9 Å². The summed E-state index contributed by atoms with van der Waals surface area (Å²) >= 11 is 1.63. The van der Waals surface area contributed by atoms with Gasteiger partial charge in [-0.2, -0.15) is 0 Å². The summed E-state index contributed by atoms with van der Waals surface area (Å²) in [5.41, 5.74) is 2.12. The fourth-order valence-electron chi connectivity index (χ4n) is 2.26. The molecule has 24 heavy (non-hydrogen) atoms. The van der Waals surface area contributed by atoms with Gasteiger partial charge >= 0.3 is 0 Å². The minimum absolute atomic E-state index is 0.789. The van der Waals surface area contributed by atoms with Crippen molar-refractivity contribution in [3.63, 3.8) is 0 Å². The van der Waals surface area contributed by atoms with E-state index in [0.29, 0.717) is 0 Å². The largest absolute Gasteiger partial charge is 0.495 e. The Morgan fingerprint density at radius 2 is 2.04 bits per heavy atom. The predicted octanol–water partition coefficient (Wildman–Crippen LogP) is 3.03. The molecule has 0 unspecified atom stereocenters. The third-order valence-electron chi connectivity index (χ3n) is 3.50. The first kappa shape index (κ1) is 16.3. The van der Waals surface area contributed by atoms with Crippen LogP contribution in [-0.2, 0) is 5.75 Å². The number of para-hydroxylation sites is 2. The van der Waals surface area contributed by atoms with Gasteiger partial charge in [-0.3, -0.25) is 4.57 Å². The van der Waals surface area contributed by atoms with E-state index < -0.39 is 0 Å². The summed E-state index contributed by atoms with van der Waals surface area (Å²) in [5.74, 6) is 2.52. The molecule has 0 saturated heterocycles. The number of thioether (sulfide) groups is 1. The lowest BCUT2D eigenvalue weighted by Crippen LogP contribution is -2.10. The van der Waals surface area contributed by atoms with Gasteiger partial charge < -0.3 is 9.64 Å². The van der Waals surface area contributed by atoms with Crippen molar-refractivity contribution in [3.8, 4) is 11.4 Å². The Morgan fingerprint density at radius 1 is 1.21 bits per heavy atom. The number of benzene rings is 1. The van der Waals surface area contributed by atoms with E-state index in [4.69, 9.17) is 4.74 Å². The molecule has 6 nitrogen and oxygen atoms in total. The van der Waals surface area contributed by atoms with Crippen LogP contribution in [0.15, 0.2) is 54.1 Å². The van der Waals surface area contributed by atoms with Crippen molar-refractivity contribution >= 4 is 17.6 Å². The number of hydrogen-bond acceptors (Lipinski definition) is 6. The van der Waals surface area contributed by atoms with E-state index in [1.165, 1.54) is 5.56 Å². The number of pyridine rings is 1. The number of anilines is 1. The average molecular weight is 341 g/mol. The molecule has 0 radical (unpaired) electrons. The van der Waals surface area contributed by atoms with Crippen LogP contribution in [0, 0.1) is 0 Å². The van der Waals surface area contributed by atoms with Crippen molar-refractivity contribution in [2.75, 3.05) is 26.1 Å². The third kappa shape index (κ3) is 3.51. The molecule has 1 aromatic carbocycles. The van der Waals surface area contributed by atoms with Gasteiger partial charge in [0.25, 0.3) is 0 Å². The van der Waals surface area contributed by atoms with Crippen molar-refractivity contribution in [2.24, 2.45) is 0 Å². The number of hydrogen-bond donors (Lipinski definition) is 0. The van der Waals surface area contributed by atoms with Gasteiger partial charge in [-0.25, -0.2) is 4.98 Å². The lowest BCUT2D eigenvalue weighted by Gasteiger charge is -2.12. The molecule has 2 aromatic heterocycles. The number of methoxy groups -OCH3 is 1. The zero-order valence-electron chi connectivity index (χ0n) is 13.9. The van der Waals surface area contributed by atoms with Crippen LogP contribution in [0.25, 0.3) is 5.69 Å². The maximum atomic E-state index is 5.43. The van der Waals surface area contributed by atoms with Gasteiger partial charge in [0.15, 0.2) is 5.16 Å². The van der Waals surface area contributed by atoms with Crippen LogP contribution in [0.5, 0.6) is 5.75 Å². The Kier molecular flexibility index (Phi) is 5.00. The van der Waals surface area contributed by atoms with Crippen molar-refractivity contribution < 1.29 is 4.74 Å². The first-order chi connectivity index (χ1) is 11.7. The molecule has 0 aliphatic carbocycles. The van der Waals surface area contributed by atoms with Crippen LogP contribution in [-0.4, -0.2) is 41.0 Å². The molecule has 7 heteroatoms. The first-order valence-electron chi connectivity index (χ1n) is 7.47. The van der Waals surface area contributed by atoms with Gasteiger partial charge in [-0.1, -0.05) is 23.9 Å². The van der Waals surface area contributed by atoms with Gasteiger partial charge in [0.05, 0.1) is 12.8 Å². The van der Waals surface area contributed by atoms with Crippen LogP contribution < -0.4 is 9.64 Å². The predicted molar refractivity (Wildman–Crippen MR) is 96.0 cm³/mol. The fraction of sp³-hybridized carbons (Fsp3) is 0.235. The summed E-state index contributed by atoms with van der Waals surface area (Å²) in [5, 5.41) is 9.10. The van der Waals surface area contributed by atoms with Crippen molar-refractivity contribution in [1.29, 1.82) is 0 Å². The zero-order valence-corrected chi connectivity index (χ0v) is 14.7. The Morgan fingerprint density at radius 3 is 2.83 bits per heavy atom. The van der Waals surface area contributed by atoms with Gasteiger partial charge in [-0.05, 0) is 29.8 Å². The second kappa shape index (κ2) is 7.35. The van der Waals surface area contributed by atoms with Crippen LogP contribution >= 0.6 is 11.8 Å². The average Bonchev–Trinajstić information content (AvgIpc) is 3.08. The SMILES string of the molecule is COc1ccccc1-n1cnnc1SCc1ccnc(N(C)C)c1. The zero-order chi connectivity index (χ0) is 16.9. The molecular weight excluding hydrogens is 322 g/mol. The molecule has 0 saturated carbocycles. The first-order valence-corrected chi connectivity index (χ1v) is 8.46. The standard InChI is InChI=1S/C17H19N5OS/c1-21(2)16-10-13(8-9-18-16)11-24-17-20-19-12-22(17)14-6-4-5-7-15(14)23-3/h4-10,12H,11H2,1-3H3.